The van der Waals surface area contributed by atoms with E-state index in [1.165, 1.54) is 12.1 Å². The second kappa shape index (κ2) is 4.46. The number of rotatable bonds is 2. The van der Waals surface area contributed by atoms with E-state index in [-0.39, 0.29) is 17.5 Å². The lowest BCUT2D eigenvalue weighted by Gasteiger charge is -2.21. The van der Waals surface area contributed by atoms with E-state index in [0.29, 0.717) is 30.5 Å². The standard InChI is InChI=1S/C13H15N3O4/c1-13(6-19-5-10(13)14)12-15-11(16-20-12)7-2-3-8(17)9(18)4-7/h2-4,10,17-18H,5-6,14H2,1H3. The summed E-state index contributed by atoms with van der Waals surface area (Å²) in [7, 11) is 0. The third-order valence-corrected chi connectivity index (χ3v) is 3.67. The van der Waals surface area contributed by atoms with Crippen LogP contribution in [0.5, 0.6) is 11.5 Å². The third kappa shape index (κ3) is 1.91. The van der Waals surface area contributed by atoms with Crippen LogP contribution < -0.4 is 5.73 Å². The number of nitrogens with zero attached hydrogens (tertiary/aromatic N) is 2. The summed E-state index contributed by atoms with van der Waals surface area (Å²) in [5.41, 5.74) is 6.05. The van der Waals surface area contributed by atoms with Gasteiger partial charge in [-0.1, -0.05) is 5.16 Å². The van der Waals surface area contributed by atoms with E-state index in [0.717, 1.165) is 0 Å². The summed E-state index contributed by atoms with van der Waals surface area (Å²) in [4.78, 5) is 4.32. The number of aromatic hydroxyl groups is 2. The second-order valence-electron chi connectivity index (χ2n) is 5.17. The second-order valence-corrected chi connectivity index (χ2v) is 5.17. The molecule has 20 heavy (non-hydrogen) atoms. The Kier molecular flexibility index (Phi) is 2.88. The molecule has 2 atom stereocenters. The molecule has 0 radical (unpaired) electrons. The normalized spacial score (nSPS) is 26.0. The Morgan fingerprint density at radius 1 is 1.35 bits per heavy atom. The number of ether oxygens (including phenoxy) is 1. The maximum Gasteiger partial charge on any atom is 0.236 e. The molecule has 2 unspecified atom stereocenters. The summed E-state index contributed by atoms with van der Waals surface area (Å²) >= 11 is 0. The fourth-order valence-electron chi connectivity index (χ4n) is 2.14. The molecule has 1 saturated heterocycles. The molecule has 106 valence electrons. The first-order valence-electron chi connectivity index (χ1n) is 6.20. The molecule has 1 aliphatic heterocycles. The van der Waals surface area contributed by atoms with Gasteiger partial charge < -0.3 is 25.2 Å². The molecule has 2 heterocycles. The molecular weight excluding hydrogens is 262 g/mol. The molecule has 0 aliphatic carbocycles. The Labute approximate surface area is 115 Å². The number of benzene rings is 1. The van der Waals surface area contributed by atoms with Crippen molar-refractivity contribution in [2.45, 2.75) is 18.4 Å². The topological polar surface area (TPSA) is 115 Å². The number of phenols is 2. The van der Waals surface area contributed by atoms with Crippen molar-refractivity contribution in [2.24, 2.45) is 5.73 Å². The van der Waals surface area contributed by atoms with Crippen molar-refractivity contribution in [1.82, 2.24) is 10.1 Å². The lowest BCUT2D eigenvalue weighted by Crippen LogP contribution is -2.42. The zero-order valence-corrected chi connectivity index (χ0v) is 10.9. The summed E-state index contributed by atoms with van der Waals surface area (Å²) in [6.07, 6.45) is 0. The first kappa shape index (κ1) is 12.9. The molecule has 3 rings (SSSR count). The molecule has 1 aliphatic rings. The first-order chi connectivity index (χ1) is 9.50. The predicted molar refractivity (Wildman–Crippen MR) is 69.2 cm³/mol. The van der Waals surface area contributed by atoms with Gasteiger partial charge in [0.2, 0.25) is 11.7 Å². The highest BCUT2D eigenvalue weighted by molar-refractivity contribution is 5.60. The molecule has 1 aromatic carbocycles. The van der Waals surface area contributed by atoms with Gasteiger partial charge in [0, 0.05) is 11.6 Å². The van der Waals surface area contributed by atoms with Crippen LogP contribution in [0.3, 0.4) is 0 Å². The highest BCUT2D eigenvalue weighted by Gasteiger charge is 2.44. The van der Waals surface area contributed by atoms with Crippen LogP contribution in [0.2, 0.25) is 0 Å². The minimum absolute atomic E-state index is 0.198. The van der Waals surface area contributed by atoms with Crippen molar-refractivity contribution < 1.29 is 19.5 Å². The minimum Gasteiger partial charge on any atom is -0.504 e. The van der Waals surface area contributed by atoms with Crippen LogP contribution in [0.15, 0.2) is 22.7 Å². The first-order valence-corrected chi connectivity index (χ1v) is 6.20. The van der Waals surface area contributed by atoms with E-state index in [4.69, 9.17) is 15.0 Å². The molecule has 0 saturated carbocycles. The van der Waals surface area contributed by atoms with Crippen molar-refractivity contribution in [1.29, 1.82) is 0 Å². The predicted octanol–water partition coefficient (Wildman–Crippen LogP) is 0.763. The van der Waals surface area contributed by atoms with E-state index in [2.05, 4.69) is 10.1 Å². The quantitative estimate of drug-likeness (QED) is 0.694. The van der Waals surface area contributed by atoms with Crippen molar-refractivity contribution >= 4 is 0 Å². The molecule has 4 N–H and O–H groups in total. The number of phenolic OH excluding ortho intramolecular Hbond substituents is 2. The molecule has 2 aromatic rings. The average Bonchev–Trinajstić information content (AvgIpc) is 3.02. The van der Waals surface area contributed by atoms with E-state index in [9.17, 15) is 10.2 Å². The van der Waals surface area contributed by atoms with Crippen LogP contribution in [0.1, 0.15) is 12.8 Å². The van der Waals surface area contributed by atoms with Gasteiger partial charge in [0.25, 0.3) is 0 Å². The lowest BCUT2D eigenvalue weighted by atomic mass is 9.86. The number of nitrogens with two attached hydrogens (primary N) is 1. The zero-order chi connectivity index (χ0) is 14.3. The van der Waals surface area contributed by atoms with Crippen molar-refractivity contribution in [3.63, 3.8) is 0 Å². The fourth-order valence-corrected chi connectivity index (χ4v) is 2.14. The number of hydrogen-bond donors (Lipinski definition) is 3. The Bertz CT molecular complexity index is 642. The van der Waals surface area contributed by atoms with Gasteiger partial charge in [-0.2, -0.15) is 4.98 Å². The van der Waals surface area contributed by atoms with Crippen LogP contribution in [-0.2, 0) is 10.2 Å². The molecule has 0 bridgehead atoms. The van der Waals surface area contributed by atoms with Gasteiger partial charge in [0.15, 0.2) is 11.5 Å². The van der Waals surface area contributed by atoms with Gasteiger partial charge in [-0.15, -0.1) is 0 Å². The van der Waals surface area contributed by atoms with Gasteiger partial charge in [-0.3, -0.25) is 0 Å². The Hall–Kier alpha value is -2.12. The Morgan fingerprint density at radius 3 is 2.80 bits per heavy atom. The highest BCUT2D eigenvalue weighted by Crippen LogP contribution is 2.33. The molecule has 7 heteroatoms. The molecule has 7 nitrogen and oxygen atoms in total. The molecule has 1 fully saturated rings. The van der Waals surface area contributed by atoms with Crippen molar-refractivity contribution in [2.75, 3.05) is 13.2 Å². The van der Waals surface area contributed by atoms with Crippen LogP contribution in [0.25, 0.3) is 11.4 Å². The summed E-state index contributed by atoms with van der Waals surface area (Å²) in [5.74, 6) is 0.303. The van der Waals surface area contributed by atoms with E-state index >= 15 is 0 Å². The van der Waals surface area contributed by atoms with Gasteiger partial charge in [-0.05, 0) is 25.1 Å². The summed E-state index contributed by atoms with van der Waals surface area (Å²) < 4.78 is 10.6. The van der Waals surface area contributed by atoms with E-state index in [1.54, 1.807) is 6.07 Å². The summed E-state index contributed by atoms with van der Waals surface area (Å²) in [6.45, 7) is 2.79. The minimum atomic E-state index is -0.510. The van der Waals surface area contributed by atoms with E-state index in [1.807, 2.05) is 6.92 Å². The summed E-state index contributed by atoms with van der Waals surface area (Å²) in [5, 5.41) is 22.7. The van der Waals surface area contributed by atoms with E-state index < -0.39 is 5.41 Å². The third-order valence-electron chi connectivity index (χ3n) is 3.67. The zero-order valence-electron chi connectivity index (χ0n) is 10.9. The van der Waals surface area contributed by atoms with Crippen LogP contribution >= 0.6 is 0 Å². The van der Waals surface area contributed by atoms with Gasteiger partial charge in [0.05, 0.1) is 18.6 Å². The smallest absolute Gasteiger partial charge is 0.236 e. The highest BCUT2D eigenvalue weighted by atomic mass is 16.5. The maximum absolute atomic E-state index is 9.50. The summed E-state index contributed by atoms with van der Waals surface area (Å²) in [6, 6.07) is 4.13. The van der Waals surface area contributed by atoms with Gasteiger partial charge >= 0.3 is 0 Å². The molecule has 1 aromatic heterocycles. The van der Waals surface area contributed by atoms with Crippen LogP contribution in [-0.4, -0.2) is 39.6 Å². The Balaban J connectivity index is 1.96. The van der Waals surface area contributed by atoms with Crippen molar-refractivity contribution in [3.05, 3.63) is 24.1 Å². The van der Waals surface area contributed by atoms with Crippen LogP contribution in [0.4, 0.5) is 0 Å². The number of aromatic nitrogens is 2. The largest absolute Gasteiger partial charge is 0.504 e. The van der Waals surface area contributed by atoms with Gasteiger partial charge in [-0.25, -0.2) is 0 Å². The molecular formula is C13H15N3O4. The average molecular weight is 277 g/mol. The van der Waals surface area contributed by atoms with Crippen LogP contribution in [0, 0.1) is 0 Å². The molecule has 0 spiro atoms. The maximum atomic E-state index is 9.50. The lowest BCUT2D eigenvalue weighted by molar-refractivity contribution is 0.169. The monoisotopic (exact) mass is 277 g/mol. The fraction of sp³-hybridized carbons (Fsp3) is 0.385. The molecule has 0 amide bonds. The van der Waals surface area contributed by atoms with Gasteiger partial charge in [0.1, 0.15) is 0 Å². The number of hydrogen-bond acceptors (Lipinski definition) is 7. The Morgan fingerprint density at radius 2 is 2.15 bits per heavy atom. The van der Waals surface area contributed by atoms with Crippen molar-refractivity contribution in [3.8, 4) is 22.9 Å². The SMILES string of the molecule is CC1(c2nc(-c3ccc(O)c(O)c3)no2)COCC1N.